The summed E-state index contributed by atoms with van der Waals surface area (Å²) in [6.07, 6.45) is 3.07. The lowest BCUT2D eigenvalue weighted by molar-refractivity contribution is -0.143. The second-order valence-corrected chi connectivity index (χ2v) is 7.27. The lowest BCUT2D eigenvalue weighted by Crippen LogP contribution is -2.59. The van der Waals surface area contributed by atoms with E-state index in [2.05, 4.69) is 4.98 Å². The van der Waals surface area contributed by atoms with Gasteiger partial charge < -0.3 is 14.5 Å². The molecular weight excluding hydrogens is 342 g/mol. The molecule has 0 bridgehead atoms. The number of carbonyl (C=O) groups is 2. The van der Waals surface area contributed by atoms with E-state index in [1.54, 1.807) is 6.20 Å². The SMILES string of the molecule is Cc1ccc(C(=O)N2CCC3(CC2)CN(c2ccccc2)C(=O)CO3)cn1. The van der Waals surface area contributed by atoms with Gasteiger partial charge in [-0.15, -0.1) is 0 Å². The number of morpholine rings is 1. The van der Waals surface area contributed by atoms with Crippen LogP contribution >= 0.6 is 0 Å². The number of likely N-dealkylation sites (tertiary alicyclic amines) is 1. The zero-order chi connectivity index (χ0) is 18.9. The van der Waals surface area contributed by atoms with Crippen LogP contribution in [0.3, 0.4) is 0 Å². The van der Waals surface area contributed by atoms with Crippen LogP contribution in [0.1, 0.15) is 28.9 Å². The number of hydrogen-bond donors (Lipinski definition) is 0. The zero-order valence-corrected chi connectivity index (χ0v) is 15.4. The Morgan fingerprint density at radius 2 is 1.85 bits per heavy atom. The van der Waals surface area contributed by atoms with E-state index in [0.717, 1.165) is 11.4 Å². The van der Waals surface area contributed by atoms with Gasteiger partial charge >= 0.3 is 0 Å². The number of ether oxygens (including phenoxy) is 1. The second kappa shape index (κ2) is 7.12. The van der Waals surface area contributed by atoms with Crippen molar-refractivity contribution in [2.24, 2.45) is 0 Å². The number of aryl methyl sites for hydroxylation is 1. The van der Waals surface area contributed by atoms with Crippen molar-refractivity contribution in [2.75, 3.05) is 31.1 Å². The summed E-state index contributed by atoms with van der Waals surface area (Å²) in [5, 5.41) is 0. The molecule has 2 aliphatic heterocycles. The molecule has 0 aliphatic carbocycles. The van der Waals surface area contributed by atoms with Gasteiger partial charge in [-0.3, -0.25) is 14.6 Å². The van der Waals surface area contributed by atoms with E-state index in [4.69, 9.17) is 4.74 Å². The van der Waals surface area contributed by atoms with Gasteiger partial charge in [0, 0.05) is 30.7 Å². The third-order valence-corrected chi connectivity index (χ3v) is 5.44. The predicted octanol–water partition coefficient (Wildman–Crippen LogP) is 2.43. The van der Waals surface area contributed by atoms with Gasteiger partial charge in [-0.05, 0) is 44.0 Å². The Bertz CT molecular complexity index is 828. The summed E-state index contributed by atoms with van der Waals surface area (Å²) in [5.74, 6) is -0.0137. The van der Waals surface area contributed by atoms with Crippen LogP contribution in [0.5, 0.6) is 0 Å². The lowest BCUT2D eigenvalue weighted by atomic mass is 9.88. The second-order valence-electron chi connectivity index (χ2n) is 7.27. The van der Waals surface area contributed by atoms with Gasteiger partial charge in [0.1, 0.15) is 6.61 Å². The first-order valence-corrected chi connectivity index (χ1v) is 9.28. The fraction of sp³-hybridized carbons (Fsp3) is 0.381. The van der Waals surface area contributed by atoms with Crippen molar-refractivity contribution in [3.63, 3.8) is 0 Å². The minimum absolute atomic E-state index is 0.00384. The minimum Gasteiger partial charge on any atom is -0.363 e. The van der Waals surface area contributed by atoms with E-state index >= 15 is 0 Å². The number of nitrogens with zero attached hydrogens (tertiary/aromatic N) is 3. The van der Waals surface area contributed by atoms with Gasteiger partial charge in [0.15, 0.2) is 0 Å². The Hall–Kier alpha value is -2.73. The van der Waals surface area contributed by atoms with Gasteiger partial charge in [-0.25, -0.2) is 0 Å². The van der Waals surface area contributed by atoms with Gasteiger partial charge in [-0.1, -0.05) is 18.2 Å². The molecule has 1 spiro atoms. The Morgan fingerprint density at radius 1 is 1.11 bits per heavy atom. The number of anilines is 1. The molecule has 2 aliphatic rings. The quantitative estimate of drug-likeness (QED) is 0.820. The highest BCUT2D eigenvalue weighted by atomic mass is 16.5. The molecule has 1 aromatic heterocycles. The monoisotopic (exact) mass is 365 g/mol. The summed E-state index contributed by atoms with van der Waals surface area (Å²) in [6.45, 7) is 3.75. The fourth-order valence-corrected chi connectivity index (χ4v) is 3.75. The normalized spacial score (nSPS) is 19.4. The standard InChI is InChI=1S/C21H23N3O3/c1-16-7-8-17(13-22-16)20(26)23-11-9-21(10-12-23)15-24(19(25)14-27-21)18-5-3-2-4-6-18/h2-8,13H,9-12,14-15H2,1H3. The molecule has 6 nitrogen and oxygen atoms in total. The number of para-hydroxylation sites is 1. The number of carbonyl (C=O) groups excluding carboxylic acids is 2. The molecule has 0 atom stereocenters. The zero-order valence-electron chi connectivity index (χ0n) is 15.4. The van der Waals surface area contributed by atoms with Crippen molar-refractivity contribution in [2.45, 2.75) is 25.4 Å². The van der Waals surface area contributed by atoms with Crippen LogP contribution in [0.4, 0.5) is 5.69 Å². The van der Waals surface area contributed by atoms with Crippen LogP contribution in [0.25, 0.3) is 0 Å². The summed E-state index contributed by atoms with van der Waals surface area (Å²) in [7, 11) is 0. The van der Waals surface area contributed by atoms with E-state index in [1.165, 1.54) is 0 Å². The lowest BCUT2D eigenvalue weighted by Gasteiger charge is -2.47. The van der Waals surface area contributed by atoms with E-state index in [0.29, 0.717) is 38.0 Å². The molecule has 2 saturated heterocycles. The Labute approximate surface area is 158 Å². The smallest absolute Gasteiger partial charge is 0.255 e. The number of aromatic nitrogens is 1. The minimum atomic E-state index is -0.383. The summed E-state index contributed by atoms with van der Waals surface area (Å²) in [6, 6.07) is 13.4. The summed E-state index contributed by atoms with van der Waals surface area (Å²) >= 11 is 0. The highest BCUT2D eigenvalue weighted by Crippen LogP contribution is 2.33. The molecule has 140 valence electrons. The molecular formula is C21H23N3O3. The average Bonchev–Trinajstić information content (AvgIpc) is 2.71. The number of pyridine rings is 1. The largest absolute Gasteiger partial charge is 0.363 e. The fourth-order valence-electron chi connectivity index (χ4n) is 3.75. The van der Waals surface area contributed by atoms with Crippen molar-refractivity contribution >= 4 is 17.5 Å². The van der Waals surface area contributed by atoms with Crippen LogP contribution < -0.4 is 4.90 Å². The van der Waals surface area contributed by atoms with Crippen LogP contribution in [0, 0.1) is 6.92 Å². The molecule has 1 aromatic carbocycles. The number of hydrogen-bond acceptors (Lipinski definition) is 4. The molecule has 2 amide bonds. The molecule has 3 heterocycles. The van der Waals surface area contributed by atoms with Crippen molar-refractivity contribution in [1.29, 1.82) is 0 Å². The Morgan fingerprint density at radius 3 is 2.52 bits per heavy atom. The van der Waals surface area contributed by atoms with E-state index in [9.17, 15) is 9.59 Å². The van der Waals surface area contributed by atoms with Gasteiger partial charge in [0.2, 0.25) is 0 Å². The van der Waals surface area contributed by atoms with Crippen molar-refractivity contribution in [1.82, 2.24) is 9.88 Å². The van der Waals surface area contributed by atoms with Crippen molar-refractivity contribution in [3.8, 4) is 0 Å². The van der Waals surface area contributed by atoms with Gasteiger partial charge in [-0.2, -0.15) is 0 Å². The van der Waals surface area contributed by atoms with E-state index in [1.807, 2.05) is 59.2 Å². The summed E-state index contributed by atoms with van der Waals surface area (Å²) in [5.41, 5.74) is 2.02. The van der Waals surface area contributed by atoms with Crippen LogP contribution in [-0.2, 0) is 9.53 Å². The highest BCUT2D eigenvalue weighted by Gasteiger charge is 2.43. The topological polar surface area (TPSA) is 62.7 Å². The first-order chi connectivity index (χ1) is 13.1. The van der Waals surface area contributed by atoms with Crippen LogP contribution in [0.15, 0.2) is 48.7 Å². The Kier molecular flexibility index (Phi) is 4.66. The maximum atomic E-state index is 12.7. The number of benzene rings is 1. The number of amides is 2. The molecule has 2 fully saturated rings. The van der Waals surface area contributed by atoms with Crippen molar-refractivity contribution < 1.29 is 14.3 Å². The third-order valence-electron chi connectivity index (χ3n) is 5.44. The summed E-state index contributed by atoms with van der Waals surface area (Å²) in [4.78, 5) is 32.9. The number of piperidine rings is 1. The Balaban J connectivity index is 1.44. The maximum absolute atomic E-state index is 12.7. The molecule has 2 aromatic rings. The molecule has 0 unspecified atom stereocenters. The molecule has 0 saturated carbocycles. The van der Waals surface area contributed by atoms with Crippen molar-refractivity contribution in [3.05, 3.63) is 59.9 Å². The van der Waals surface area contributed by atoms with Gasteiger partial charge in [0.25, 0.3) is 11.8 Å². The van der Waals surface area contributed by atoms with E-state index in [-0.39, 0.29) is 24.0 Å². The van der Waals surface area contributed by atoms with E-state index < -0.39 is 0 Å². The average molecular weight is 365 g/mol. The van der Waals surface area contributed by atoms with Crippen LogP contribution in [-0.4, -0.2) is 53.5 Å². The van der Waals surface area contributed by atoms with Gasteiger partial charge in [0.05, 0.1) is 17.7 Å². The molecule has 4 rings (SSSR count). The summed E-state index contributed by atoms with van der Waals surface area (Å²) < 4.78 is 5.98. The van der Waals surface area contributed by atoms with Crippen LogP contribution in [0.2, 0.25) is 0 Å². The first-order valence-electron chi connectivity index (χ1n) is 9.28. The molecule has 0 radical (unpaired) electrons. The predicted molar refractivity (Wildman–Crippen MR) is 102 cm³/mol. The molecule has 6 heteroatoms. The first kappa shape index (κ1) is 17.7. The maximum Gasteiger partial charge on any atom is 0.255 e. The third kappa shape index (κ3) is 3.57. The number of rotatable bonds is 2. The molecule has 0 N–H and O–H groups in total. The molecule has 27 heavy (non-hydrogen) atoms. The highest BCUT2D eigenvalue weighted by molar-refractivity contribution is 5.95.